The lowest BCUT2D eigenvalue weighted by Crippen LogP contribution is -2.46. The summed E-state index contributed by atoms with van der Waals surface area (Å²) in [5.74, 6) is 0.233. The zero-order valence-corrected chi connectivity index (χ0v) is 27.9. The zero-order chi connectivity index (χ0) is 27.6. The molecule has 0 saturated heterocycles. The number of fused-ring (bicyclic) bond motifs is 1. The van der Waals surface area contributed by atoms with Gasteiger partial charge in [-0.15, -0.1) is 0 Å². The van der Waals surface area contributed by atoms with Gasteiger partial charge in [0.2, 0.25) is 0 Å². The first-order valence-electron chi connectivity index (χ1n) is 14.1. The molecule has 4 rings (SSSR count). The molecule has 0 amide bonds. The summed E-state index contributed by atoms with van der Waals surface area (Å²) in [6.45, 7) is 22.8. The Kier molecular flexibility index (Phi) is 7.91. The van der Waals surface area contributed by atoms with Gasteiger partial charge in [0.15, 0.2) is 8.32 Å². The quantitative estimate of drug-likeness (QED) is 0.264. The van der Waals surface area contributed by atoms with Crippen molar-refractivity contribution in [3.63, 3.8) is 0 Å². The average Bonchev–Trinajstić information content (AvgIpc) is 2.75. The number of rotatable bonds is 5. The van der Waals surface area contributed by atoms with Crippen molar-refractivity contribution in [3.8, 4) is 0 Å². The van der Waals surface area contributed by atoms with Crippen molar-refractivity contribution in [2.75, 3.05) is 0 Å². The number of pyridine rings is 1. The van der Waals surface area contributed by atoms with Crippen LogP contribution in [0.2, 0.25) is 18.1 Å². The van der Waals surface area contributed by atoms with E-state index >= 15 is 0 Å². The predicted octanol–water partition coefficient (Wildman–Crippen LogP) is 9.37. The molecule has 1 aromatic heterocycles. The van der Waals surface area contributed by atoms with Crippen LogP contribution < -0.4 is 0 Å². The van der Waals surface area contributed by atoms with E-state index in [9.17, 15) is 5.11 Å². The molecular weight excluding hydrogens is 585 g/mol. The Balaban J connectivity index is 1.84. The second-order valence-electron chi connectivity index (χ2n) is 14.6. The summed E-state index contributed by atoms with van der Waals surface area (Å²) in [5.41, 5.74) is 7.13. The Morgan fingerprint density at radius 2 is 1.65 bits per heavy atom. The second kappa shape index (κ2) is 10.0. The van der Waals surface area contributed by atoms with Crippen LogP contribution in [0.25, 0.3) is 0 Å². The first-order chi connectivity index (χ1) is 17.0. The maximum atomic E-state index is 11.8. The van der Waals surface area contributed by atoms with Crippen molar-refractivity contribution >= 4 is 30.9 Å². The average molecular weight is 634 g/mol. The van der Waals surface area contributed by atoms with Gasteiger partial charge in [0, 0.05) is 20.4 Å². The number of hydrogen-bond acceptors (Lipinski definition) is 3. The molecule has 1 spiro atoms. The van der Waals surface area contributed by atoms with Gasteiger partial charge in [0.1, 0.15) is 6.10 Å². The van der Waals surface area contributed by atoms with Gasteiger partial charge in [-0.3, -0.25) is 4.98 Å². The number of aromatic nitrogens is 1. The molecule has 1 N–H and O–H groups in total. The molecule has 0 aliphatic heterocycles. The molecule has 2 aliphatic carbocycles. The molecule has 1 heterocycles. The number of aliphatic hydroxyl groups excluding tert-OH is 1. The first-order valence-corrected chi connectivity index (χ1v) is 18.1. The van der Waals surface area contributed by atoms with E-state index < -0.39 is 14.4 Å². The standard InChI is InChI=1S/C32H48INO2Si/c1-20(2)28-26(29(35)21-12-14-22(15-13-21)30(3,4)5)27(33)25-23(34-28)18-32(16-11-17-32)19-24(25)36-37(9,10)31(6,7)8/h12-15,20,24,29,35H,11,16-19H2,1-10H3/t24?,29-/m1/s1. The van der Waals surface area contributed by atoms with Gasteiger partial charge in [-0.25, -0.2) is 0 Å². The van der Waals surface area contributed by atoms with E-state index in [2.05, 4.69) is 115 Å². The lowest BCUT2D eigenvalue weighted by atomic mass is 9.59. The van der Waals surface area contributed by atoms with E-state index in [4.69, 9.17) is 9.41 Å². The summed E-state index contributed by atoms with van der Waals surface area (Å²) in [6, 6.07) is 8.52. The van der Waals surface area contributed by atoms with E-state index in [1.807, 2.05) is 0 Å². The van der Waals surface area contributed by atoms with Crippen LogP contribution >= 0.6 is 22.6 Å². The highest BCUT2D eigenvalue weighted by atomic mass is 127. The van der Waals surface area contributed by atoms with E-state index in [0.717, 1.165) is 33.2 Å². The minimum atomic E-state index is -2.00. The highest BCUT2D eigenvalue weighted by molar-refractivity contribution is 14.1. The van der Waals surface area contributed by atoms with Crippen molar-refractivity contribution in [1.82, 2.24) is 4.98 Å². The molecule has 0 radical (unpaired) electrons. The second-order valence-corrected chi connectivity index (χ2v) is 20.5. The van der Waals surface area contributed by atoms with Crippen LogP contribution in [-0.4, -0.2) is 18.4 Å². The monoisotopic (exact) mass is 633 g/mol. The van der Waals surface area contributed by atoms with E-state index in [1.165, 1.54) is 36.1 Å². The molecule has 2 atom stereocenters. The maximum Gasteiger partial charge on any atom is 0.192 e. The third-order valence-electron chi connectivity index (χ3n) is 9.37. The van der Waals surface area contributed by atoms with Crippen molar-refractivity contribution in [1.29, 1.82) is 0 Å². The molecule has 5 heteroatoms. The molecular formula is C32H48INO2Si. The maximum absolute atomic E-state index is 11.8. The van der Waals surface area contributed by atoms with Gasteiger partial charge >= 0.3 is 0 Å². The van der Waals surface area contributed by atoms with Crippen LogP contribution in [0.5, 0.6) is 0 Å². The highest BCUT2D eigenvalue weighted by Crippen LogP contribution is 2.57. The van der Waals surface area contributed by atoms with Gasteiger partial charge in [-0.2, -0.15) is 0 Å². The molecule has 0 bridgehead atoms. The summed E-state index contributed by atoms with van der Waals surface area (Å²) in [6.07, 6.45) is 5.36. The minimum absolute atomic E-state index is 0.0553. The lowest BCUT2D eigenvalue weighted by molar-refractivity contribution is 0.0293. The van der Waals surface area contributed by atoms with Gasteiger partial charge in [-0.1, -0.05) is 86.1 Å². The summed E-state index contributed by atoms with van der Waals surface area (Å²) in [4.78, 5) is 5.37. The van der Waals surface area contributed by atoms with Crippen LogP contribution in [0.1, 0.15) is 133 Å². The van der Waals surface area contributed by atoms with Crippen molar-refractivity contribution in [2.24, 2.45) is 5.41 Å². The van der Waals surface area contributed by atoms with Crippen LogP contribution in [0.15, 0.2) is 24.3 Å². The van der Waals surface area contributed by atoms with Crippen LogP contribution in [-0.2, 0) is 16.3 Å². The molecule has 1 unspecified atom stereocenters. The van der Waals surface area contributed by atoms with Crippen molar-refractivity contribution in [3.05, 3.63) is 61.5 Å². The van der Waals surface area contributed by atoms with Gasteiger partial charge < -0.3 is 9.53 Å². The highest BCUT2D eigenvalue weighted by Gasteiger charge is 2.49. The normalized spacial score (nSPS) is 20.6. The third kappa shape index (κ3) is 5.62. The Bertz CT molecular complexity index is 1140. The third-order valence-corrected chi connectivity index (χ3v) is 15.0. The van der Waals surface area contributed by atoms with E-state index in [-0.39, 0.29) is 22.5 Å². The molecule has 1 aromatic carbocycles. The van der Waals surface area contributed by atoms with Crippen LogP contribution in [0, 0.1) is 8.99 Å². The van der Waals surface area contributed by atoms with E-state index in [0.29, 0.717) is 5.41 Å². The minimum Gasteiger partial charge on any atom is -0.410 e. The Labute approximate surface area is 240 Å². The summed E-state index contributed by atoms with van der Waals surface area (Å²) in [7, 11) is -2.00. The fourth-order valence-electron chi connectivity index (χ4n) is 5.76. The summed E-state index contributed by atoms with van der Waals surface area (Å²) >= 11 is 2.51. The largest absolute Gasteiger partial charge is 0.410 e. The number of nitrogens with zero attached hydrogens (tertiary/aromatic N) is 1. The van der Waals surface area contributed by atoms with E-state index in [1.54, 1.807) is 0 Å². The van der Waals surface area contributed by atoms with Crippen molar-refractivity contribution < 1.29 is 9.53 Å². The summed E-state index contributed by atoms with van der Waals surface area (Å²) < 4.78 is 8.35. The number of aliphatic hydroxyl groups is 1. The van der Waals surface area contributed by atoms with Gasteiger partial charge in [-0.05, 0) is 94.3 Å². The van der Waals surface area contributed by atoms with Gasteiger partial charge in [0.25, 0.3) is 0 Å². The topological polar surface area (TPSA) is 42.4 Å². The van der Waals surface area contributed by atoms with Gasteiger partial charge in [0.05, 0.1) is 11.8 Å². The molecule has 204 valence electrons. The fourth-order valence-corrected chi connectivity index (χ4v) is 8.25. The zero-order valence-electron chi connectivity index (χ0n) is 24.8. The number of benzene rings is 1. The SMILES string of the molecule is CC(C)c1nc2c(c(I)c1[C@H](O)c1ccc(C(C)(C)C)cc1)C(O[Si](C)(C)C(C)(C)C)CC1(CCC1)C2. The Morgan fingerprint density at radius 3 is 2.11 bits per heavy atom. The number of hydrogen-bond donors (Lipinski definition) is 1. The Hall–Kier alpha value is -0.763. The van der Waals surface area contributed by atoms with Crippen LogP contribution in [0.4, 0.5) is 0 Å². The molecule has 2 aromatic rings. The van der Waals surface area contributed by atoms with Crippen LogP contribution in [0.3, 0.4) is 0 Å². The molecule has 3 nitrogen and oxygen atoms in total. The lowest BCUT2D eigenvalue weighted by Gasteiger charge is -2.50. The molecule has 1 saturated carbocycles. The predicted molar refractivity (Wildman–Crippen MR) is 166 cm³/mol. The molecule has 1 fully saturated rings. The smallest absolute Gasteiger partial charge is 0.192 e. The fraction of sp³-hybridized carbons (Fsp3) is 0.656. The molecule has 2 aliphatic rings. The molecule has 37 heavy (non-hydrogen) atoms. The summed E-state index contributed by atoms with van der Waals surface area (Å²) in [5, 5.41) is 12.0. The first kappa shape index (κ1) is 29.2. The number of halogens is 1. The van der Waals surface area contributed by atoms with Crippen molar-refractivity contribution in [2.45, 2.75) is 129 Å². The Morgan fingerprint density at radius 1 is 1.05 bits per heavy atom.